The molecule has 5 aromatic carbocycles. The summed E-state index contributed by atoms with van der Waals surface area (Å²) >= 11 is 3.65. The number of nitrogens with zero attached hydrogens (tertiary/aromatic N) is 5. The number of aromatic nitrogens is 3. The number of fused-ring (bicyclic) bond motifs is 1. The molecule has 1 aliphatic heterocycles. The maximum Gasteiger partial charge on any atom is 0.304 e. The second kappa shape index (κ2) is 10.4. The Bertz CT molecular complexity index is 1830. The van der Waals surface area contributed by atoms with Crippen LogP contribution in [0.1, 0.15) is 0 Å². The van der Waals surface area contributed by atoms with E-state index in [0.29, 0.717) is 22.9 Å². The molecule has 0 saturated carbocycles. The fourth-order valence-electron chi connectivity index (χ4n) is 5.07. The summed E-state index contributed by atoms with van der Waals surface area (Å²) in [5.41, 5.74) is 4.04. The van der Waals surface area contributed by atoms with E-state index in [9.17, 15) is 0 Å². The maximum atomic E-state index is 15.9. The predicted octanol–water partition coefficient (Wildman–Crippen LogP) is 8.78. The smallest absolute Gasteiger partial charge is 0.270 e. The topological polar surface area (TPSA) is 62.2 Å². The van der Waals surface area contributed by atoms with Crippen LogP contribution in [0.2, 0.25) is 0 Å². The standard InChI is InChI=1S/C33H23BrN5OP/c34-26-21-22-29-30(23-26)39(41(40,28-19-11-4-12-20-28)38(29)27-17-9-3-10-18-27)33-36-31(24-13-5-1-6-14-24)35-32(37-33)25-15-7-2-8-16-25/h1-23H. The quantitative estimate of drug-likeness (QED) is 0.181. The van der Waals surface area contributed by atoms with Gasteiger partial charge in [0.2, 0.25) is 5.95 Å². The van der Waals surface area contributed by atoms with E-state index in [-0.39, 0.29) is 0 Å². The third-order valence-electron chi connectivity index (χ3n) is 6.91. The van der Waals surface area contributed by atoms with Crippen molar-refractivity contribution in [3.8, 4) is 22.8 Å². The molecule has 6 aromatic rings. The van der Waals surface area contributed by atoms with Crippen LogP contribution < -0.4 is 14.6 Å². The minimum Gasteiger partial charge on any atom is -0.270 e. The highest BCUT2D eigenvalue weighted by Crippen LogP contribution is 2.69. The van der Waals surface area contributed by atoms with E-state index in [0.717, 1.165) is 32.7 Å². The number of benzene rings is 5. The summed E-state index contributed by atoms with van der Waals surface area (Å²) in [4.78, 5) is 14.8. The molecule has 1 aliphatic rings. The monoisotopic (exact) mass is 615 g/mol. The Labute approximate surface area is 246 Å². The van der Waals surface area contributed by atoms with E-state index in [1.165, 1.54) is 0 Å². The molecule has 41 heavy (non-hydrogen) atoms. The van der Waals surface area contributed by atoms with Crippen LogP contribution in [-0.2, 0) is 4.57 Å². The van der Waals surface area contributed by atoms with Gasteiger partial charge in [-0.3, -0.25) is 9.24 Å². The van der Waals surface area contributed by atoms with Crippen molar-refractivity contribution in [1.82, 2.24) is 15.0 Å². The highest BCUT2D eigenvalue weighted by Gasteiger charge is 2.50. The molecule has 0 fully saturated rings. The molecule has 0 radical (unpaired) electrons. The molecule has 6 nitrogen and oxygen atoms in total. The zero-order chi connectivity index (χ0) is 27.8. The van der Waals surface area contributed by atoms with Gasteiger partial charge in [0.1, 0.15) is 0 Å². The van der Waals surface area contributed by atoms with Gasteiger partial charge in [-0.15, -0.1) is 0 Å². The van der Waals surface area contributed by atoms with Gasteiger partial charge < -0.3 is 0 Å². The second-order valence-electron chi connectivity index (χ2n) is 9.49. The number of halogens is 1. The summed E-state index contributed by atoms with van der Waals surface area (Å²) in [5.74, 6) is 1.32. The van der Waals surface area contributed by atoms with Crippen LogP contribution in [-0.4, -0.2) is 15.0 Å². The van der Waals surface area contributed by atoms with E-state index < -0.39 is 7.44 Å². The van der Waals surface area contributed by atoms with Crippen molar-refractivity contribution >= 4 is 51.7 Å². The first-order chi connectivity index (χ1) is 20.1. The Kier molecular flexibility index (Phi) is 6.46. The summed E-state index contributed by atoms with van der Waals surface area (Å²) in [5, 5.41) is 0.666. The van der Waals surface area contributed by atoms with Gasteiger partial charge in [0.15, 0.2) is 11.6 Å². The van der Waals surface area contributed by atoms with Gasteiger partial charge in [-0.05, 0) is 42.5 Å². The minimum absolute atomic E-state index is 0.308. The molecule has 1 unspecified atom stereocenters. The van der Waals surface area contributed by atoms with Crippen LogP contribution in [0.25, 0.3) is 22.8 Å². The van der Waals surface area contributed by atoms with Crippen molar-refractivity contribution in [2.75, 3.05) is 9.34 Å². The van der Waals surface area contributed by atoms with E-state index in [1.807, 2.05) is 144 Å². The van der Waals surface area contributed by atoms with Gasteiger partial charge in [0.25, 0.3) is 0 Å². The summed E-state index contributed by atoms with van der Waals surface area (Å²) in [6, 6.07) is 44.9. The normalized spacial score (nSPS) is 16.0. The second-order valence-corrected chi connectivity index (χ2v) is 12.8. The molecule has 198 valence electrons. The Hall–Kier alpha value is -4.58. The van der Waals surface area contributed by atoms with E-state index >= 15 is 4.57 Å². The lowest BCUT2D eigenvalue weighted by Gasteiger charge is -2.32. The summed E-state index contributed by atoms with van der Waals surface area (Å²) in [6.45, 7) is 0. The van der Waals surface area contributed by atoms with Crippen LogP contribution in [0.15, 0.2) is 144 Å². The first-order valence-electron chi connectivity index (χ1n) is 13.1. The molecular formula is C33H23BrN5OP. The van der Waals surface area contributed by atoms with Crippen LogP contribution in [0.5, 0.6) is 0 Å². The Morgan fingerprint density at radius 2 is 1.05 bits per heavy atom. The Morgan fingerprint density at radius 1 is 0.537 bits per heavy atom. The third-order valence-corrected chi connectivity index (χ3v) is 10.3. The lowest BCUT2D eigenvalue weighted by Crippen LogP contribution is -2.27. The number of rotatable bonds is 5. The molecule has 0 bridgehead atoms. The molecule has 0 N–H and O–H groups in total. The number of para-hydroxylation sites is 1. The van der Waals surface area contributed by atoms with Gasteiger partial charge >= 0.3 is 7.44 Å². The van der Waals surface area contributed by atoms with E-state index in [1.54, 1.807) is 4.67 Å². The van der Waals surface area contributed by atoms with Crippen LogP contribution in [0.4, 0.5) is 23.0 Å². The first-order valence-corrected chi connectivity index (χ1v) is 15.5. The summed E-state index contributed by atoms with van der Waals surface area (Å²) in [6.07, 6.45) is 0. The van der Waals surface area contributed by atoms with Crippen molar-refractivity contribution in [3.05, 3.63) is 144 Å². The molecule has 2 heterocycles. The minimum atomic E-state index is -3.62. The largest absolute Gasteiger partial charge is 0.304 e. The average Bonchev–Trinajstić information content (AvgIpc) is 3.30. The molecule has 1 atom stereocenters. The van der Waals surface area contributed by atoms with E-state index in [2.05, 4.69) is 15.9 Å². The predicted molar refractivity (Wildman–Crippen MR) is 169 cm³/mol. The zero-order valence-electron chi connectivity index (χ0n) is 21.7. The number of hydrogen-bond donors (Lipinski definition) is 0. The highest BCUT2D eigenvalue weighted by atomic mass is 79.9. The highest BCUT2D eigenvalue weighted by molar-refractivity contribution is 9.10. The summed E-state index contributed by atoms with van der Waals surface area (Å²) in [7, 11) is -3.62. The van der Waals surface area contributed by atoms with Gasteiger partial charge in [-0.25, -0.2) is 9.65 Å². The van der Waals surface area contributed by atoms with E-state index in [4.69, 9.17) is 15.0 Å². The van der Waals surface area contributed by atoms with Crippen LogP contribution >= 0.6 is 23.4 Å². The van der Waals surface area contributed by atoms with Gasteiger partial charge in [-0.2, -0.15) is 9.97 Å². The van der Waals surface area contributed by atoms with Crippen molar-refractivity contribution < 1.29 is 4.57 Å². The molecule has 1 aromatic heterocycles. The Morgan fingerprint density at radius 3 is 1.61 bits per heavy atom. The third kappa shape index (κ3) is 4.44. The van der Waals surface area contributed by atoms with Crippen molar-refractivity contribution in [2.45, 2.75) is 0 Å². The number of hydrogen-bond acceptors (Lipinski definition) is 4. The lowest BCUT2D eigenvalue weighted by molar-refractivity contribution is 0.582. The van der Waals surface area contributed by atoms with Gasteiger partial charge in [0, 0.05) is 21.3 Å². The van der Waals surface area contributed by atoms with Crippen LogP contribution in [0.3, 0.4) is 0 Å². The maximum absolute atomic E-state index is 15.9. The SMILES string of the molecule is O=P1(c2ccccc2)N(c2ccccc2)c2ccc(Br)cc2N1c1nc(-c2ccccc2)nc(-c2ccccc2)n1. The number of anilines is 4. The lowest BCUT2D eigenvalue weighted by atomic mass is 10.2. The molecule has 0 aliphatic carbocycles. The van der Waals surface area contributed by atoms with Crippen molar-refractivity contribution in [1.29, 1.82) is 0 Å². The molecule has 8 heteroatoms. The fraction of sp³-hybridized carbons (Fsp3) is 0. The average molecular weight is 616 g/mol. The van der Waals surface area contributed by atoms with Gasteiger partial charge in [0.05, 0.1) is 16.7 Å². The molecule has 0 saturated heterocycles. The fourth-order valence-corrected chi connectivity index (χ4v) is 8.31. The molecule has 0 amide bonds. The summed E-state index contributed by atoms with van der Waals surface area (Å²) < 4.78 is 20.5. The molecule has 0 spiro atoms. The van der Waals surface area contributed by atoms with Crippen molar-refractivity contribution in [2.24, 2.45) is 0 Å². The van der Waals surface area contributed by atoms with Crippen LogP contribution in [0, 0.1) is 0 Å². The Balaban J connectivity index is 1.55. The first kappa shape index (κ1) is 25.4. The molecular weight excluding hydrogens is 593 g/mol. The molecule has 7 rings (SSSR count). The van der Waals surface area contributed by atoms with Crippen molar-refractivity contribution in [3.63, 3.8) is 0 Å². The van der Waals surface area contributed by atoms with Gasteiger partial charge in [-0.1, -0.05) is 113 Å². The zero-order valence-corrected chi connectivity index (χ0v) is 24.2.